The zero-order valence-electron chi connectivity index (χ0n) is 18.6. The second-order valence-electron chi connectivity index (χ2n) is 7.37. The Morgan fingerprint density at radius 2 is 1.88 bits per heavy atom. The fourth-order valence-corrected chi connectivity index (χ4v) is 3.61. The number of hydrogen-bond acceptors (Lipinski definition) is 4. The number of benzene rings is 1. The molecule has 0 aliphatic rings. The van der Waals surface area contributed by atoms with Crippen LogP contribution in [0.3, 0.4) is 0 Å². The lowest BCUT2D eigenvalue weighted by Crippen LogP contribution is -2.37. The molecule has 0 atom stereocenters. The number of aliphatic imine (C=N–C) groups is 1. The van der Waals surface area contributed by atoms with Crippen molar-refractivity contribution in [2.75, 3.05) is 13.6 Å². The quantitative estimate of drug-likeness (QED) is 0.161. The Hall–Kier alpha value is -2.95. The van der Waals surface area contributed by atoms with Gasteiger partial charge in [0.2, 0.25) is 0 Å². The van der Waals surface area contributed by atoms with E-state index in [9.17, 15) is 0 Å². The summed E-state index contributed by atoms with van der Waals surface area (Å²) in [5, 5.41) is 6.73. The van der Waals surface area contributed by atoms with Gasteiger partial charge in [-0.3, -0.25) is 9.56 Å². The van der Waals surface area contributed by atoms with Crippen molar-refractivity contribution in [2.45, 2.75) is 33.4 Å². The lowest BCUT2D eigenvalue weighted by molar-refractivity contribution is 0.624. The van der Waals surface area contributed by atoms with Gasteiger partial charge in [0.25, 0.3) is 0 Å². The molecule has 2 N–H and O–H groups in total. The van der Waals surface area contributed by atoms with E-state index in [1.165, 1.54) is 5.52 Å². The zero-order valence-corrected chi connectivity index (χ0v) is 20.9. The Balaban J connectivity index is 0.00000289. The summed E-state index contributed by atoms with van der Waals surface area (Å²) in [6, 6.07) is 12.3. The number of fused-ring (bicyclic) bond motifs is 1. The average Bonchev–Trinajstić information content (AvgIpc) is 3.36. The summed E-state index contributed by atoms with van der Waals surface area (Å²) in [6.45, 7) is 6.41. The van der Waals surface area contributed by atoms with Gasteiger partial charge in [0, 0.05) is 45.3 Å². The number of nitrogens with one attached hydrogen (secondary N) is 2. The molecule has 4 aromatic rings. The predicted molar refractivity (Wildman–Crippen MR) is 139 cm³/mol. The smallest absolute Gasteiger partial charge is 0.191 e. The van der Waals surface area contributed by atoms with Crippen LogP contribution >= 0.6 is 24.0 Å². The van der Waals surface area contributed by atoms with E-state index in [2.05, 4.69) is 66.3 Å². The third kappa shape index (κ3) is 5.45. The number of guanidine groups is 1. The van der Waals surface area contributed by atoms with Crippen LogP contribution in [0, 0.1) is 13.8 Å². The molecule has 0 saturated carbocycles. The number of aryl methyl sites for hydroxylation is 3. The lowest BCUT2D eigenvalue weighted by Gasteiger charge is -2.13. The van der Waals surface area contributed by atoms with Gasteiger partial charge in [-0.1, -0.05) is 18.2 Å². The molecule has 0 unspecified atom stereocenters. The van der Waals surface area contributed by atoms with Crippen molar-refractivity contribution in [3.8, 4) is 5.82 Å². The topological polar surface area (TPSA) is 85.0 Å². The molecule has 32 heavy (non-hydrogen) atoms. The summed E-state index contributed by atoms with van der Waals surface area (Å²) in [4.78, 5) is 17.7. The molecule has 9 heteroatoms. The van der Waals surface area contributed by atoms with Crippen molar-refractivity contribution in [3.05, 3.63) is 72.2 Å². The summed E-state index contributed by atoms with van der Waals surface area (Å²) in [5.74, 6) is 3.61. The minimum Gasteiger partial charge on any atom is -0.356 e. The summed E-state index contributed by atoms with van der Waals surface area (Å²) in [6.07, 6.45) is 6.54. The van der Waals surface area contributed by atoms with Crippen LogP contribution in [0.25, 0.3) is 16.9 Å². The van der Waals surface area contributed by atoms with Gasteiger partial charge in [-0.05, 0) is 44.0 Å². The number of halogens is 1. The molecule has 0 saturated heterocycles. The van der Waals surface area contributed by atoms with Crippen LogP contribution in [0.4, 0.5) is 0 Å². The van der Waals surface area contributed by atoms with E-state index in [1.54, 1.807) is 13.2 Å². The average molecular weight is 544 g/mol. The summed E-state index contributed by atoms with van der Waals surface area (Å²) in [7, 11) is 1.78. The van der Waals surface area contributed by atoms with Crippen LogP contribution < -0.4 is 10.6 Å². The van der Waals surface area contributed by atoms with Crippen molar-refractivity contribution in [2.24, 2.45) is 4.99 Å². The first-order valence-corrected chi connectivity index (χ1v) is 10.5. The van der Waals surface area contributed by atoms with E-state index in [0.717, 1.165) is 54.0 Å². The van der Waals surface area contributed by atoms with Gasteiger partial charge >= 0.3 is 0 Å². The van der Waals surface area contributed by atoms with E-state index in [-0.39, 0.29) is 24.0 Å². The van der Waals surface area contributed by atoms with Crippen molar-refractivity contribution >= 4 is 41.0 Å². The van der Waals surface area contributed by atoms with Crippen LogP contribution in [-0.4, -0.2) is 43.6 Å². The van der Waals surface area contributed by atoms with E-state index in [0.29, 0.717) is 6.54 Å². The van der Waals surface area contributed by atoms with Crippen molar-refractivity contribution < 1.29 is 0 Å². The highest BCUT2D eigenvalue weighted by atomic mass is 127. The maximum Gasteiger partial charge on any atom is 0.191 e. The standard InChI is InChI=1S/C23H28N8.HI/c1-17-25-12-14-31(17)22-10-9-19(15-27-22)16-28-23(24-3)26-11-6-13-30-18(2)29-20-7-4-5-8-21(20)30;/h4-5,7-10,12,14-15H,6,11,13,16H2,1-3H3,(H2,24,26,28);1H. The van der Waals surface area contributed by atoms with E-state index in [1.807, 2.05) is 36.0 Å². The molecule has 1 aromatic carbocycles. The number of imidazole rings is 2. The molecular formula is C23H29IN8. The molecule has 4 rings (SSSR count). The summed E-state index contributed by atoms with van der Waals surface area (Å²) < 4.78 is 4.23. The van der Waals surface area contributed by atoms with Gasteiger partial charge < -0.3 is 15.2 Å². The number of rotatable bonds is 7. The van der Waals surface area contributed by atoms with E-state index >= 15 is 0 Å². The molecule has 0 fully saturated rings. The highest BCUT2D eigenvalue weighted by Gasteiger charge is 2.06. The molecule has 0 aliphatic carbocycles. The van der Waals surface area contributed by atoms with Gasteiger partial charge in [-0.2, -0.15) is 0 Å². The maximum absolute atomic E-state index is 4.63. The van der Waals surface area contributed by atoms with Gasteiger partial charge in [0.15, 0.2) is 5.96 Å². The van der Waals surface area contributed by atoms with Crippen LogP contribution in [0.5, 0.6) is 0 Å². The normalized spacial score (nSPS) is 11.4. The van der Waals surface area contributed by atoms with Crippen molar-refractivity contribution in [3.63, 3.8) is 0 Å². The largest absolute Gasteiger partial charge is 0.356 e. The minimum atomic E-state index is 0. The summed E-state index contributed by atoms with van der Waals surface area (Å²) >= 11 is 0. The Morgan fingerprint density at radius 1 is 1.03 bits per heavy atom. The molecule has 0 radical (unpaired) electrons. The first-order chi connectivity index (χ1) is 15.2. The molecule has 0 bridgehead atoms. The molecule has 0 spiro atoms. The third-order valence-electron chi connectivity index (χ3n) is 5.26. The van der Waals surface area contributed by atoms with E-state index in [4.69, 9.17) is 0 Å². The second kappa shape index (κ2) is 11.1. The molecule has 0 aliphatic heterocycles. The number of para-hydroxylation sites is 2. The first-order valence-electron chi connectivity index (χ1n) is 10.5. The van der Waals surface area contributed by atoms with Crippen LogP contribution in [0.2, 0.25) is 0 Å². The number of pyridine rings is 1. The molecule has 3 heterocycles. The third-order valence-corrected chi connectivity index (χ3v) is 5.26. The number of nitrogens with zero attached hydrogens (tertiary/aromatic N) is 6. The molecular weight excluding hydrogens is 515 g/mol. The van der Waals surface area contributed by atoms with Crippen LogP contribution in [0.15, 0.2) is 60.0 Å². The Morgan fingerprint density at radius 3 is 2.59 bits per heavy atom. The Labute approximate surface area is 205 Å². The first kappa shape index (κ1) is 23.7. The SMILES string of the molecule is CN=C(NCCCn1c(C)nc2ccccc21)NCc1ccc(-n2ccnc2C)nc1.I. The second-order valence-corrected chi connectivity index (χ2v) is 7.37. The van der Waals surface area contributed by atoms with Gasteiger partial charge in [-0.15, -0.1) is 24.0 Å². The van der Waals surface area contributed by atoms with Crippen molar-refractivity contribution in [1.82, 2.24) is 34.7 Å². The van der Waals surface area contributed by atoms with Crippen LogP contribution in [0.1, 0.15) is 23.6 Å². The fourth-order valence-electron chi connectivity index (χ4n) is 3.61. The fraction of sp³-hybridized carbons (Fsp3) is 0.304. The number of aromatic nitrogens is 5. The van der Waals surface area contributed by atoms with Crippen LogP contribution in [-0.2, 0) is 13.1 Å². The Bertz CT molecular complexity index is 1180. The highest BCUT2D eigenvalue weighted by molar-refractivity contribution is 14.0. The summed E-state index contributed by atoms with van der Waals surface area (Å²) in [5.41, 5.74) is 3.32. The molecule has 8 nitrogen and oxygen atoms in total. The van der Waals surface area contributed by atoms with Crippen molar-refractivity contribution in [1.29, 1.82) is 0 Å². The van der Waals surface area contributed by atoms with E-state index < -0.39 is 0 Å². The lowest BCUT2D eigenvalue weighted by atomic mass is 10.3. The Kier molecular flexibility index (Phi) is 8.20. The molecule has 0 amide bonds. The molecule has 168 valence electrons. The van der Waals surface area contributed by atoms with Gasteiger partial charge in [-0.25, -0.2) is 15.0 Å². The predicted octanol–water partition coefficient (Wildman–Crippen LogP) is 3.61. The zero-order chi connectivity index (χ0) is 21.6. The number of hydrogen-bond donors (Lipinski definition) is 2. The maximum atomic E-state index is 4.63. The highest BCUT2D eigenvalue weighted by Crippen LogP contribution is 2.15. The monoisotopic (exact) mass is 544 g/mol. The minimum absolute atomic E-state index is 0. The molecule has 3 aromatic heterocycles. The van der Waals surface area contributed by atoms with Gasteiger partial charge in [0.05, 0.1) is 11.0 Å². The van der Waals surface area contributed by atoms with Gasteiger partial charge in [0.1, 0.15) is 17.5 Å².